The molecule has 0 saturated heterocycles. The molecule has 4 rings (SSSR count). The van der Waals surface area contributed by atoms with Crippen LogP contribution in [0.15, 0.2) is 36.4 Å². The van der Waals surface area contributed by atoms with Gasteiger partial charge in [-0.2, -0.15) is 18.5 Å². The van der Waals surface area contributed by atoms with E-state index < -0.39 is 10.2 Å². The highest BCUT2D eigenvalue weighted by Gasteiger charge is 2.30. The summed E-state index contributed by atoms with van der Waals surface area (Å²) in [5, 5.41) is 0. The predicted molar refractivity (Wildman–Crippen MR) is 79.3 cm³/mol. The molecule has 0 atom stereocenters. The van der Waals surface area contributed by atoms with Crippen LogP contribution < -0.4 is 18.5 Å². The minimum Gasteiger partial charge on any atom is -0.195 e. The maximum absolute atomic E-state index is 8.60. The zero-order chi connectivity index (χ0) is 17.2. The maximum atomic E-state index is 8.60. The first-order valence-corrected chi connectivity index (χ1v) is 9.46. The van der Waals surface area contributed by atoms with E-state index in [4.69, 9.17) is 18.6 Å². The van der Waals surface area contributed by atoms with Crippen LogP contribution in [0.1, 0.15) is 36.1 Å². The lowest BCUT2D eigenvalue weighted by Gasteiger charge is -2.17. The van der Waals surface area contributed by atoms with Gasteiger partial charge in [-0.1, -0.05) is 18.2 Å². The summed E-state index contributed by atoms with van der Waals surface area (Å²) in [6.07, 6.45) is 7.93. The number of hydrogen-bond acceptors (Lipinski definition) is 4. The number of benzene rings is 1. The van der Waals surface area contributed by atoms with Crippen molar-refractivity contribution in [2.24, 2.45) is 0 Å². The molecule has 24 heavy (non-hydrogen) atoms. The monoisotopic (exact) mass is 350 g/mol. The maximum Gasteiger partial charge on any atom is 0.212 e. The minimum absolute atomic E-state index is 1.20. The number of nitrogens with zero attached hydrogens (tertiary/aromatic N) is 1. The van der Waals surface area contributed by atoms with E-state index in [0.29, 0.717) is 0 Å². The number of halogens is 1. The highest BCUT2D eigenvalue weighted by atomic mass is 35.7. The molecule has 1 aliphatic carbocycles. The van der Waals surface area contributed by atoms with E-state index in [-0.39, 0.29) is 0 Å². The standard InChI is InChI=1S/C18H20N.ClHO4/c1-2-7-14(8-3-1)18-13-15-9-4-5-10-16(15)17-11-6-12-19(17)18;2-1(3,4)5/h1-3,7-8,13H,4-6,9-12H2;(H,2,3,4,5)/q+1;. The highest BCUT2D eigenvalue weighted by molar-refractivity contribution is 5.58. The Morgan fingerprint density at radius 3 is 2.29 bits per heavy atom. The summed E-state index contributed by atoms with van der Waals surface area (Å²) in [5.41, 5.74) is 7.76. The Balaban J connectivity index is 0.000000300. The van der Waals surface area contributed by atoms with E-state index in [1.165, 1.54) is 56.3 Å². The SMILES string of the molecule is [O-][Cl+3]([O-])([O-])O.c1ccc(-c2cc3c(c4[n+]2CCC4)CCCC3)cc1. The molecule has 2 heterocycles. The summed E-state index contributed by atoms with van der Waals surface area (Å²) < 4.78 is 35.3. The van der Waals surface area contributed by atoms with Crippen LogP contribution in [0.5, 0.6) is 0 Å². The average molecular weight is 351 g/mol. The van der Waals surface area contributed by atoms with Gasteiger partial charge in [-0.25, -0.2) is 0 Å². The molecule has 0 fully saturated rings. The third-order valence-electron chi connectivity index (χ3n) is 4.65. The zero-order valence-electron chi connectivity index (χ0n) is 13.4. The van der Waals surface area contributed by atoms with Crippen LogP contribution in [0.25, 0.3) is 11.3 Å². The highest BCUT2D eigenvalue weighted by Crippen LogP contribution is 2.29. The van der Waals surface area contributed by atoms with Gasteiger partial charge in [0.2, 0.25) is 5.69 Å². The smallest absolute Gasteiger partial charge is 0.195 e. The Kier molecular flexibility index (Phi) is 5.18. The molecule has 1 aromatic heterocycles. The van der Waals surface area contributed by atoms with Gasteiger partial charge in [0.1, 0.15) is 6.54 Å². The van der Waals surface area contributed by atoms with Gasteiger partial charge in [0.05, 0.1) is 14.9 Å². The van der Waals surface area contributed by atoms with Crippen molar-refractivity contribution < 1.29 is 33.4 Å². The van der Waals surface area contributed by atoms with Gasteiger partial charge in [0, 0.05) is 30.0 Å². The fourth-order valence-electron chi connectivity index (χ4n) is 3.76. The fourth-order valence-corrected chi connectivity index (χ4v) is 3.76. The molecule has 0 bridgehead atoms. The second-order valence-electron chi connectivity index (χ2n) is 6.20. The summed E-state index contributed by atoms with van der Waals surface area (Å²) in [4.78, 5) is 0. The Morgan fingerprint density at radius 2 is 1.58 bits per heavy atom. The molecular formula is C18H21ClNO4+. The van der Waals surface area contributed by atoms with Crippen molar-refractivity contribution in [2.45, 2.75) is 45.1 Å². The Hall–Kier alpha value is -1.50. The molecule has 2 aliphatic rings. The lowest BCUT2D eigenvalue weighted by Crippen LogP contribution is -2.58. The van der Waals surface area contributed by atoms with Gasteiger partial charge < -0.3 is 0 Å². The Bertz CT molecular complexity index is 707. The van der Waals surface area contributed by atoms with E-state index in [1.54, 1.807) is 16.8 Å². The second kappa shape index (κ2) is 7.17. The number of pyridine rings is 1. The average Bonchev–Trinajstić information content (AvgIpc) is 3.03. The molecule has 0 spiro atoms. The van der Waals surface area contributed by atoms with Crippen LogP contribution in [-0.4, -0.2) is 4.66 Å². The van der Waals surface area contributed by atoms with E-state index in [1.807, 2.05) is 0 Å². The zero-order valence-corrected chi connectivity index (χ0v) is 14.2. The first-order chi connectivity index (χ1) is 11.4. The van der Waals surface area contributed by atoms with Gasteiger partial charge in [-0.15, -0.1) is 0 Å². The lowest BCUT2D eigenvalue weighted by atomic mass is 9.89. The van der Waals surface area contributed by atoms with Crippen LogP contribution in [0.4, 0.5) is 0 Å². The summed E-state index contributed by atoms with van der Waals surface area (Å²) in [6.45, 7) is 1.20. The van der Waals surface area contributed by atoms with E-state index in [0.717, 1.165) is 0 Å². The van der Waals surface area contributed by atoms with Crippen molar-refractivity contribution in [2.75, 3.05) is 0 Å². The molecule has 1 aliphatic heterocycles. The Labute approximate surface area is 143 Å². The Morgan fingerprint density at radius 1 is 0.917 bits per heavy atom. The number of hydrogen-bond donors (Lipinski definition) is 1. The van der Waals surface area contributed by atoms with Crippen molar-refractivity contribution in [1.82, 2.24) is 0 Å². The van der Waals surface area contributed by atoms with Crippen molar-refractivity contribution >= 4 is 0 Å². The molecule has 2 aromatic rings. The van der Waals surface area contributed by atoms with Crippen LogP contribution in [-0.2, 0) is 25.8 Å². The van der Waals surface area contributed by atoms with Crippen molar-refractivity contribution in [3.63, 3.8) is 0 Å². The fraction of sp³-hybridized carbons (Fsp3) is 0.389. The molecule has 0 unspecified atom stereocenters. The number of aryl methyl sites for hydroxylation is 1. The van der Waals surface area contributed by atoms with Crippen molar-refractivity contribution in [3.05, 3.63) is 53.2 Å². The molecule has 0 amide bonds. The van der Waals surface area contributed by atoms with E-state index in [2.05, 4.69) is 41.0 Å². The lowest BCUT2D eigenvalue weighted by molar-refractivity contribution is -1.92. The van der Waals surface area contributed by atoms with E-state index in [9.17, 15) is 0 Å². The first-order valence-electron chi connectivity index (χ1n) is 8.19. The third-order valence-corrected chi connectivity index (χ3v) is 4.65. The van der Waals surface area contributed by atoms with Gasteiger partial charge in [-0.3, -0.25) is 0 Å². The minimum atomic E-state index is -4.69. The summed E-state index contributed by atoms with van der Waals surface area (Å²) in [6, 6.07) is 13.4. The summed E-state index contributed by atoms with van der Waals surface area (Å²) in [7, 11) is -4.69. The largest absolute Gasteiger partial charge is 0.212 e. The second-order valence-corrected chi connectivity index (χ2v) is 7.00. The van der Waals surface area contributed by atoms with Gasteiger partial charge in [0.15, 0.2) is 5.69 Å². The molecular weight excluding hydrogens is 330 g/mol. The summed E-state index contributed by atoms with van der Waals surface area (Å²) >= 11 is 0. The molecule has 128 valence electrons. The van der Waals surface area contributed by atoms with Gasteiger partial charge >= 0.3 is 0 Å². The number of aromatic nitrogens is 1. The van der Waals surface area contributed by atoms with Crippen LogP contribution in [0.3, 0.4) is 0 Å². The third kappa shape index (κ3) is 4.12. The van der Waals surface area contributed by atoms with Gasteiger partial charge in [0.25, 0.3) is 0 Å². The molecule has 0 saturated carbocycles. The predicted octanol–water partition coefficient (Wildman–Crippen LogP) is -0.658. The molecule has 1 N–H and O–H groups in total. The van der Waals surface area contributed by atoms with Crippen molar-refractivity contribution in [3.8, 4) is 11.3 Å². The topological polar surface area (TPSA) is 93.3 Å². The van der Waals surface area contributed by atoms with Crippen molar-refractivity contribution in [1.29, 1.82) is 0 Å². The normalized spacial score (nSPS) is 16.0. The first kappa shape index (κ1) is 17.3. The quantitative estimate of drug-likeness (QED) is 0.691. The van der Waals surface area contributed by atoms with Crippen LogP contribution in [0, 0.1) is 10.2 Å². The van der Waals surface area contributed by atoms with Crippen LogP contribution in [0.2, 0.25) is 0 Å². The van der Waals surface area contributed by atoms with Gasteiger partial charge in [-0.05, 0) is 43.4 Å². The van der Waals surface area contributed by atoms with Crippen LogP contribution >= 0.6 is 0 Å². The van der Waals surface area contributed by atoms with E-state index >= 15 is 0 Å². The number of rotatable bonds is 1. The molecule has 1 aromatic carbocycles. The molecule has 5 nitrogen and oxygen atoms in total. The number of fused-ring (bicyclic) bond motifs is 3. The molecule has 0 radical (unpaired) electrons. The molecule has 6 heteroatoms. The summed E-state index contributed by atoms with van der Waals surface area (Å²) in [5.74, 6) is 0.